The van der Waals surface area contributed by atoms with Gasteiger partial charge in [-0.15, -0.1) is 0 Å². The lowest BCUT2D eigenvalue weighted by Crippen LogP contribution is -2.53. The minimum atomic E-state index is -3.82. The fourth-order valence-corrected chi connectivity index (χ4v) is 5.21. The van der Waals surface area contributed by atoms with Gasteiger partial charge < -0.3 is 10.2 Å². The summed E-state index contributed by atoms with van der Waals surface area (Å²) in [5.41, 5.74) is 2.47. The Bertz CT molecular complexity index is 1180. The fraction of sp³-hybridized carbons (Fsp3) is 0.462. The molecule has 36 heavy (non-hydrogen) atoms. The van der Waals surface area contributed by atoms with Gasteiger partial charge in [-0.1, -0.05) is 55.2 Å². The normalized spacial score (nSPS) is 13.1. The van der Waals surface area contributed by atoms with Crippen LogP contribution in [0.25, 0.3) is 0 Å². The topological polar surface area (TPSA) is 86.8 Å². The van der Waals surface area contributed by atoms with Crippen LogP contribution < -0.4 is 9.62 Å². The second kappa shape index (κ2) is 12.8. The number of halogens is 2. The van der Waals surface area contributed by atoms with Gasteiger partial charge in [0, 0.05) is 28.2 Å². The van der Waals surface area contributed by atoms with Gasteiger partial charge in [0.25, 0.3) is 0 Å². The standard InChI is InChI=1S/C26H35Cl2N3O4S/c1-7-19(5)29-26(33)23(8-2)30(15-20-21(27)10-9-11-22(20)28)25(32)16-31(36(6,34)35)24-14-17(3)12-13-18(24)4/h9-14,19,23H,7-8,15-16H2,1-6H3,(H,29,33). The van der Waals surface area contributed by atoms with Crippen molar-refractivity contribution in [1.82, 2.24) is 10.2 Å². The first-order valence-corrected chi connectivity index (χ1v) is 14.5. The molecule has 7 nitrogen and oxygen atoms in total. The maximum atomic E-state index is 13.8. The van der Waals surface area contributed by atoms with Gasteiger partial charge in [0.2, 0.25) is 21.8 Å². The first-order chi connectivity index (χ1) is 16.8. The summed E-state index contributed by atoms with van der Waals surface area (Å²) >= 11 is 12.8. The largest absolute Gasteiger partial charge is 0.352 e. The Kier molecular flexibility index (Phi) is 10.6. The lowest BCUT2D eigenvalue weighted by Gasteiger charge is -2.34. The molecule has 0 spiro atoms. The van der Waals surface area contributed by atoms with Crippen LogP contribution in [0.3, 0.4) is 0 Å². The van der Waals surface area contributed by atoms with E-state index in [4.69, 9.17) is 23.2 Å². The molecule has 198 valence electrons. The zero-order chi connectivity index (χ0) is 27.2. The molecular weight excluding hydrogens is 521 g/mol. The summed E-state index contributed by atoms with van der Waals surface area (Å²) in [5.74, 6) is -0.857. The highest BCUT2D eigenvalue weighted by Crippen LogP contribution is 2.28. The van der Waals surface area contributed by atoms with E-state index >= 15 is 0 Å². The Morgan fingerprint density at radius 1 is 1.03 bits per heavy atom. The zero-order valence-electron chi connectivity index (χ0n) is 21.6. The molecule has 2 atom stereocenters. The second-order valence-corrected chi connectivity index (χ2v) is 11.7. The van der Waals surface area contributed by atoms with E-state index < -0.39 is 28.5 Å². The lowest BCUT2D eigenvalue weighted by atomic mass is 10.1. The highest BCUT2D eigenvalue weighted by molar-refractivity contribution is 7.92. The van der Waals surface area contributed by atoms with Crippen LogP contribution in [-0.4, -0.2) is 50.0 Å². The van der Waals surface area contributed by atoms with Crippen LogP contribution in [0.2, 0.25) is 10.0 Å². The van der Waals surface area contributed by atoms with Crippen molar-refractivity contribution in [2.75, 3.05) is 17.1 Å². The number of amides is 2. The molecular formula is C26H35Cl2N3O4S. The van der Waals surface area contributed by atoms with E-state index in [2.05, 4.69) is 5.32 Å². The predicted molar refractivity (Wildman–Crippen MR) is 147 cm³/mol. The van der Waals surface area contributed by atoms with Crippen LogP contribution in [-0.2, 0) is 26.2 Å². The molecule has 2 aromatic rings. The van der Waals surface area contributed by atoms with Crippen LogP contribution in [0.4, 0.5) is 5.69 Å². The number of hydrogen-bond donors (Lipinski definition) is 1. The number of aryl methyl sites for hydroxylation is 2. The molecule has 2 unspecified atom stereocenters. The Balaban J connectivity index is 2.55. The van der Waals surface area contributed by atoms with Crippen molar-refractivity contribution in [1.29, 1.82) is 0 Å². The summed E-state index contributed by atoms with van der Waals surface area (Å²) in [6, 6.07) is 9.48. The lowest BCUT2D eigenvalue weighted by molar-refractivity contribution is -0.140. The van der Waals surface area contributed by atoms with Gasteiger partial charge in [0.15, 0.2) is 0 Å². The van der Waals surface area contributed by atoms with Gasteiger partial charge in [-0.25, -0.2) is 8.42 Å². The van der Waals surface area contributed by atoms with Crippen molar-refractivity contribution in [3.05, 3.63) is 63.1 Å². The molecule has 0 aliphatic carbocycles. The summed E-state index contributed by atoms with van der Waals surface area (Å²) in [4.78, 5) is 28.4. The number of anilines is 1. The van der Waals surface area contributed by atoms with E-state index in [-0.39, 0.29) is 18.5 Å². The average Bonchev–Trinajstić information content (AvgIpc) is 2.79. The maximum Gasteiger partial charge on any atom is 0.244 e. The van der Waals surface area contributed by atoms with Gasteiger partial charge in [0.1, 0.15) is 12.6 Å². The molecule has 2 aromatic carbocycles. The fourth-order valence-electron chi connectivity index (χ4n) is 3.80. The van der Waals surface area contributed by atoms with E-state index in [1.807, 2.05) is 32.9 Å². The number of carbonyl (C=O) groups is 2. The second-order valence-electron chi connectivity index (χ2n) is 9.02. The third-order valence-electron chi connectivity index (χ3n) is 6.09. The summed E-state index contributed by atoms with van der Waals surface area (Å²) in [7, 11) is -3.82. The van der Waals surface area contributed by atoms with Crippen molar-refractivity contribution in [3.63, 3.8) is 0 Å². The SMILES string of the molecule is CCC(C)NC(=O)C(CC)N(Cc1c(Cl)cccc1Cl)C(=O)CN(c1cc(C)ccc1C)S(C)(=O)=O. The quantitative estimate of drug-likeness (QED) is 0.418. The van der Waals surface area contributed by atoms with Crippen molar-refractivity contribution < 1.29 is 18.0 Å². The molecule has 0 aliphatic heterocycles. The Hall–Kier alpha value is -2.29. The molecule has 2 rings (SSSR count). The maximum absolute atomic E-state index is 13.8. The van der Waals surface area contributed by atoms with E-state index in [1.54, 1.807) is 38.1 Å². The van der Waals surface area contributed by atoms with Crippen LogP contribution in [0.5, 0.6) is 0 Å². The zero-order valence-corrected chi connectivity index (χ0v) is 24.0. The molecule has 0 saturated heterocycles. The third kappa shape index (κ3) is 7.60. The highest BCUT2D eigenvalue weighted by Gasteiger charge is 2.33. The molecule has 10 heteroatoms. The summed E-state index contributed by atoms with van der Waals surface area (Å²) in [5, 5.41) is 3.64. The number of nitrogens with zero attached hydrogens (tertiary/aromatic N) is 2. The van der Waals surface area contributed by atoms with Gasteiger partial charge in [-0.2, -0.15) is 0 Å². The molecule has 0 aromatic heterocycles. The van der Waals surface area contributed by atoms with Gasteiger partial charge >= 0.3 is 0 Å². The molecule has 0 radical (unpaired) electrons. The van der Waals surface area contributed by atoms with E-state index in [1.165, 1.54) is 4.90 Å². The smallest absolute Gasteiger partial charge is 0.244 e. The molecule has 1 N–H and O–H groups in total. The van der Waals surface area contributed by atoms with Gasteiger partial charge in [-0.05, 0) is 62.9 Å². The number of sulfonamides is 1. The number of nitrogens with one attached hydrogen (secondary N) is 1. The van der Waals surface area contributed by atoms with E-state index in [9.17, 15) is 18.0 Å². The highest BCUT2D eigenvalue weighted by atomic mass is 35.5. The van der Waals surface area contributed by atoms with Crippen LogP contribution in [0.1, 0.15) is 50.3 Å². The number of rotatable bonds is 11. The summed E-state index contributed by atoms with van der Waals surface area (Å²) in [6.07, 6.45) is 2.10. The number of hydrogen-bond acceptors (Lipinski definition) is 4. The van der Waals surface area contributed by atoms with Crippen LogP contribution in [0.15, 0.2) is 36.4 Å². The van der Waals surface area contributed by atoms with Crippen LogP contribution >= 0.6 is 23.2 Å². The molecule has 0 heterocycles. The monoisotopic (exact) mass is 555 g/mol. The molecule has 2 amide bonds. The Morgan fingerprint density at radius 3 is 2.17 bits per heavy atom. The van der Waals surface area contributed by atoms with E-state index in [0.717, 1.165) is 22.5 Å². The Labute approximate surface area is 224 Å². The predicted octanol–water partition coefficient (Wildman–Crippen LogP) is 5.10. The van der Waals surface area contributed by atoms with Crippen molar-refractivity contribution in [3.8, 4) is 0 Å². The first kappa shape index (κ1) is 29.9. The van der Waals surface area contributed by atoms with Gasteiger partial charge in [0.05, 0.1) is 11.9 Å². The Morgan fingerprint density at radius 2 is 1.64 bits per heavy atom. The average molecular weight is 557 g/mol. The summed E-state index contributed by atoms with van der Waals surface area (Å²) in [6.45, 7) is 8.75. The minimum Gasteiger partial charge on any atom is -0.352 e. The third-order valence-corrected chi connectivity index (χ3v) is 7.92. The molecule has 0 bridgehead atoms. The first-order valence-electron chi connectivity index (χ1n) is 11.9. The molecule has 0 aliphatic rings. The van der Waals surface area contributed by atoms with Crippen LogP contribution in [0, 0.1) is 13.8 Å². The van der Waals surface area contributed by atoms with Crippen molar-refractivity contribution in [2.24, 2.45) is 0 Å². The number of carbonyl (C=O) groups excluding carboxylic acids is 2. The van der Waals surface area contributed by atoms with Crippen molar-refractivity contribution >= 4 is 50.7 Å². The van der Waals surface area contributed by atoms with Gasteiger partial charge in [-0.3, -0.25) is 13.9 Å². The number of benzene rings is 2. The van der Waals surface area contributed by atoms with E-state index in [0.29, 0.717) is 33.3 Å². The minimum absolute atomic E-state index is 0.0474. The summed E-state index contributed by atoms with van der Waals surface area (Å²) < 4.78 is 26.7. The molecule has 0 fully saturated rings. The molecule has 0 saturated carbocycles. The van der Waals surface area contributed by atoms with Crippen molar-refractivity contribution in [2.45, 2.75) is 66.1 Å².